The SMILES string of the molecule is Cc1cc(C)cc(-c2cccc(-c3cc(C)cc(-c4ccccc4)c3)c2)c1. The first-order chi connectivity index (χ1) is 13.1. The van der Waals surface area contributed by atoms with E-state index in [0.29, 0.717) is 0 Å². The van der Waals surface area contributed by atoms with Crippen LogP contribution in [0.15, 0.2) is 91.0 Å². The van der Waals surface area contributed by atoms with Crippen LogP contribution in [0.4, 0.5) is 0 Å². The van der Waals surface area contributed by atoms with Crippen molar-refractivity contribution in [3.63, 3.8) is 0 Å². The van der Waals surface area contributed by atoms with Gasteiger partial charge in [-0.1, -0.05) is 90.0 Å². The minimum Gasteiger partial charge on any atom is -0.0622 e. The van der Waals surface area contributed by atoms with Crippen molar-refractivity contribution in [2.45, 2.75) is 20.8 Å². The van der Waals surface area contributed by atoms with Crippen molar-refractivity contribution in [3.8, 4) is 33.4 Å². The molecule has 0 saturated carbocycles. The summed E-state index contributed by atoms with van der Waals surface area (Å²) in [6.45, 7) is 6.49. The van der Waals surface area contributed by atoms with Crippen molar-refractivity contribution in [2.75, 3.05) is 0 Å². The van der Waals surface area contributed by atoms with Gasteiger partial charge in [-0.15, -0.1) is 0 Å². The molecule has 0 aliphatic carbocycles. The predicted octanol–water partition coefficient (Wildman–Crippen LogP) is 7.61. The third-order valence-electron chi connectivity index (χ3n) is 4.94. The van der Waals surface area contributed by atoms with Crippen molar-refractivity contribution in [2.24, 2.45) is 0 Å². The van der Waals surface area contributed by atoms with Crippen LogP contribution < -0.4 is 0 Å². The molecule has 27 heavy (non-hydrogen) atoms. The zero-order valence-electron chi connectivity index (χ0n) is 16.2. The maximum atomic E-state index is 2.30. The van der Waals surface area contributed by atoms with Crippen LogP contribution in [0.3, 0.4) is 0 Å². The minimum atomic E-state index is 1.26. The Morgan fingerprint density at radius 2 is 0.741 bits per heavy atom. The van der Waals surface area contributed by atoms with E-state index in [2.05, 4.69) is 112 Å². The highest BCUT2D eigenvalue weighted by molar-refractivity contribution is 5.78. The van der Waals surface area contributed by atoms with Crippen LogP contribution in [0.1, 0.15) is 16.7 Å². The lowest BCUT2D eigenvalue weighted by molar-refractivity contribution is 1.38. The smallest absolute Gasteiger partial charge is 0.0175 e. The molecule has 0 N–H and O–H groups in total. The van der Waals surface area contributed by atoms with Crippen LogP contribution in [0.2, 0.25) is 0 Å². The van der Waals surface area contributed by atoms with Crippen molar-refractivity contribution in [1.29, 1.82) is 0 Å². The Kier molecular flexibility index (Phi) is 4.64. The average Bonchev–Trinajstić information content (AvgIpc) is 2.67. The fraction of sp³-hybridized carbons (Fsp3) is 0.111. The maximum absolute atomic E-state index is 2.30. The van der Waals surface area contributed by atoms with E-state index in [1.54, 1.807) is 0 Å². The van der Waals surface area contributed by atoms with Gasteiger partial charge in [0, 0.05) is 0 Å². The summed E-state index contributed by atoms with van der Waals surface area (Å²) in [7, 11) is 0. The number of hydrogen-bond donors (Lipinski definition) is 0. The average molecular weight is 348 g/mol. The zero-order chi connectivity index (χ0) is 18.8. The van der Waals surface area contributed by atoms with E-state index < -0.39 is 0 Å². The quantitative estimate of drug-likeness (QED) is 0.357. The summed E-state index contributed by atoms with van der Waals surface area (Å²) < 4.78 is 0. The van der Waals surface area contributed by atoms with Gasteiger partial charge in [0.2, 0.25) is 0 Å². The van der Waals surface area contributed by atoms with E-state index in [0.717, 1.165) is 0 Å². The molecule has 0 nitrogen and oxygen atoms in total. The lowest BCUT2D eigenvalue weighted by Gasteiger charge is -2.11. The van der Waals surface area contributed by atoms with E-state index in [4.69, 9.17) is 0 Å². The molecule has 0 spiro atoms. The first-order valence-electron chi connectivity index (χ1n) is 9.45. The lowest BCUT2D eigenvalue weighted by Crippen LogP contribution is -1.87. The van der Waals surface area contributed by atoms with E-state index >= 15 is 0 Å². The van der Waals surface area contributed by atoms with Crippen LogP contribution in [0.25, 0.3) is 33.4 Å². The molecule has 4 aromatic rings. The molecule has 0 aliphatic heterocycles. The fourth-order valence-electron chi connectivity index (χ4n) is 3.77. The molecule has 0 bridgehead atoms. The third-order valence-corrected chi connectivity index (χ3v) is 4.94. The Bertz CT molecular complexity index is 1070. The second kappa shape index (κ2) is 7.25. The molecule has 0 saturated heterocycles. The predicted molar refractivity (Wildman–Crippen MR) is 117 cm³/mol. The lowest BCUT2D eigenvalue weighted by atomic mass is 9.94. The van der Waals surface area contributed by atoms with E-state index in [-0.39, 0.29) is 0 Å². The van der Waals surface area contributed by atoms with Crippen molar-refractivity contribution in [1.82, 2.24) is 0 Å². The molecule has 0 aliphatic rings. The molecule has 0 heterocycles. The topological polar surface area (TPSA) is 0 Å². The van der Waals surface area contributed by atoms with Gasteiger partial charge in [0.1, 0.15) is 0 Å². The van der Waals surface area contributed by atoms with Crippen LogP contribution >= 0.6 is 0 Å². The number of aryl methyl sites for hydroxylation is 3. The maximum Gasteiger partial charge on any atom is -0.0175 e. The van der Waals surface area contributed by atoms with Gasteiger partial charge in [0.25, 0.3) is 0 Å². The second-order valence-corrected chi connectivity index (χ2v) is 7.41. The van der Waals surface area contributed by atoms with E-state index in [1.807, 2.05) is 0 Å². The molecular formula is C27H24. The molecule has 4 rings (SSSR count). The van der Waals surface area contributed by atoms with Gasteiger partial charge in [-0.2, -0.15) is 0 Å². The molecular weight excluding hydrogens is 324 g/mol. The third kappa shape index (κ3) is 3.85. The number of hydrogen-bond acceptors (Lipinski definition) is 0. The van der Waals surface area contributed by atoms with Gasteiger partial charge in [-0.3, -0.25) is 0 Å². The Morgan fingerprint density at radius 3 is 1.33 bits per heavy atom. The van der Waals surface area contributed by atoms with Gasteiger partial charge in [0.05, 0.1) is 0 Å². The number of benzene rings is 4. The van der Waals surface area contributed by atoms with Gasteiger partial charge in [0.15, 0.2) is 0 Å². The largest absolute Gasteiger partial charge is 0.0622 e. The first-order valence-corrected chi connectivity index (χ1v) is 9.45. The van der Waals surface area contributed by atoms with Crippen molar-refractivity contribution in [3.05, 3.63) is 108 Å². The van der Waals surface area contributed by atoms with Crippen LogP contribution in [0.5, 0.6) is 0 Å². The minimum absolute atomic E-state index is 1.26. The molecule has 0 amide bonds. The van der Waals surface area contributed by atoms with Crippen molar-refractivity contribution >= 4 is 0 Å². The highest BCUT2D eigenvalue weighted by atomic mass is 14.1. The molecule has 4 aromatic carbocycles. The Labute approximate surface area is 162 Å². The summed E-state index contributed by atoms with van der Waals surface area (Å²) in [5.74, 6) is 0. The fourth-order valence-corrected chi connectivity index (χ4v) is 3.77. The Balaban J connectivity index is 1.79. The Morgan fingerprint density at radius 1 is 0.333 bits per heavy atom. The van der Waals surface area contributed by atoms with Gasteiger partial charge < -0.3 is 0 Å². The molecule has 0 fully saturated rings. The molecule has 0 heteroatoms. The van der Waals surface area contributed by atoms with Gasteiger partial charge in [-0.25, -0.2) is 0 Å². The first kappa shape index (κ1) is 17.3. The van der Waals surface area contributed by atoms with Crippen LogP contribution in [0, 0.1) is 20.8 Å². The summed E-state index contributed by atoms with van der Waals surface area (Å²) in [5.41, 5.74) is 11.5. The Hall–Kier alpha value is -3.12. The molecule has 0 atom stereocenters. The highest BCUT2D eigenvalue weighted by Crippen LogP contribution is 2.31. The molecule has 0 aromatic heterocycles. The standard InChI is InChI=1S/C27H24/c1-19-12-20(2)14-25(13-19)23-10-7-11-24(17-23)27-16-21(3)15-26(18-27)22-8-5-4-6-9-22/h4-18H,1-3H3. The van der Waals surface area contributed by atoms with Gasteiger partial charge in [-0.05, 0) is 71.8 Å². The number of rotatable bonds is 3. The summed E-state index contributed by atoms with van der Waals surface area (Å²) in [4.78, 5) is 0. The summed E-state index contributed by atoms with van der Waals surface area (Å²) in [5, 5.41) is 0. The van der Waals surface area contributed by atoms with Crippen molar-refractivity contribution < 1.29 is 0 Å². The molecule has 0 radical (unpaired) electrons. The molecule has 132 valence electrons. The normalized spacial score (nSPS) is 10.8. The zero-order valence-corrected chi connectivity index (χ0v) is 16.2. The monoisotopic (exact) mass is 348 g/mol. The van der Waals surface area contributed by atoms with Crippen LogP contribution in [-0.2, 0) is 0 Å². The van der Waals surface area contributed by atoms with Gasteiger partial charge >= 0.3 is 0 Å². The van der Waals surface area contributed by atoms with E-state index in [1.165, 1.54) is 50.1 Å². The van der Waals surface area contributed by atoms with E-state index in [9.17, 15) is 0 Å². The summed E-state index contributed by atoms with van der Waals surface area (Å²) in [6, 6.07) is 33.0. The summed E-state index contributed by atoms with van der Waals surface area (Å²) >= 11 is 0. The van der Waals surface area contributed by atoms with Crippen LogP contribution in [-0.4, -0.2) is 0 Å². The second-order valence-electron chi connectivity index (χ2n) is 7.41. The molecule has 0 unspecified atom stereocenters. The highest BCUT2D eigenvalue weighted by Gasteiger charge is 2.06. The summed E-state index contributed by atoms with van der Waals surface area (Å²) in [6.07, 6.45) is 0.